The van der Waals surface area contributed by atoms with Gasteiger partial charge in [-0.3, -0.25) is 9.59 Å². The van der Waals surface area contributed by atoms with Gasteiger partial charge in [0.25, 0.3) is 0 Å². The molecule has 2 aliphatic rings. The number of fused-ring (bicyclic) bond motifs is 1. The highest BCUT2D eigenvalue weighted by Crippen LogP contribution is 2.38. The maximum Gasteiger partial charge on any atom is 0.309 e. The van der Waals surface area contributed by atoms with Crippen molar-refractivity contribution in [1.29, 1.82) is 0 Å². The first kappa shape index (κ1) is 28.0. The Labute approximate surface area is 213 Å². The number of cyclic esters (lactones) is 1. The fourth-order valence-electron chi connectivity index (χ4n) is 5.22. The maximum absolute atomic E-state index is 13.2. The van der Waals surface area contributed by atoms with Gasteiger partial charge in [0, 0.05) is 29.3 Å². The predicted octanol–water partition coefficient (Wildman–Crippen LogP) is 4.05. The number of Topliss-reactive ketones (excluding diaryl/α,β-unsaturated/α-hetero) is 1. The Morgan fingerprint density at radius 1 is 1.26 bits per heavy atom. The second-order valence-electron chi connectivity index (χ2n) is 11.5. The van der Waals surface area contributed by atoms with Crippen molar-refractivity contribution in [2.75, 3.05) is 0 Å². The summed E-state index contributed by atoms with van der Waals surface area (Å²) >= 11 is 1.57. The highest BCUT2D eigenvalue weighted by Gasteiger charge is 2.50. The van der Waals surface area contributed by atoms with Gasteiger partial charge >= 0.3 is 5.97 Å². The van der Waals surface area contributed by atoms with Gasteiger partial charge in [-0.2, -0.15) is 0 Å². The number of rotatable bonds is 2. The third-order valence-corrected chi connectivity index (χ3v) is 8.92. The smallest absolute Gasteiger partial charge is 0.309 e. The average molecular weight is 507 g/mol. The van der Waals surface area contributed by atoms with E-state index in [-0.39, 0.29) is 29.7 Å². The number of carbonyl (C=O) groups excluding carboxylic acids is 2. The monoisotopic (exact) mass is 506 g/mol. The fraction of sp³-hybridized carbons (Fsp3) is 0.741. The summed E-state index contributed by atoms with van der Waals surface area (Å²) in [5.74, 6) is -1.46. The van der Waals surface area contributed by atoms with Crippen LogP contribution in [0.2, 0.25) is 0 Å². The number of ketones is 1. The largest absolute Gasteiger partial charge is 0.458 e. The van der Waals surface area contributed by atoms with E-state index in [1.807, 2.05) is 32.2 Å². The van der Waals surface area contributed by atoms with Crippen LogP contribution in [0.25, 0.3) is 6.08 Å². The Morgan fingerprint density at radius 2 is 1.94 bits per heavy atom. The molecule has 3 heterocycles. The first-order chi connectivity index (χ1) is 16.2. The van der Waals surface area contributed by atoms with E-state index in [0.29, 0.717) is 6.42 Å². The van der Waals surface area contributed by atoms with Crippen LogP contribution >= 0.6 is 11.3 Å². The van der Waals surface area contributed by atoms with Crippen molar-refractivity contribution in [1.82, 2.24) is 10.3 Å². The van der Waals surface area contributed by atoms with Crippen molar-refractivity contribution in [3.05, 3.63) is 21.7 Å². The second-order valence-corrected chi connectivity index (χ2v) is 12.5. The second kappa shape index (κ2) is 10.8. The molecule has 3 rings (SSSR count). The highest BCUT2D eigenvalue weighted by atomic mass is 32.1. The molecule has 196 valence electrons. The van der Waals surface area contributed by atoms with Crippen molar-refractivity contribution in [2.45, 2.75) is 110 Å². The number of ether oxygens (including phenoxy) is 1. The lowest BCUT2D eigenvalue weighted by atomic mass is 9.73. The number of aromatic nitrogens is 1. The Balaban J connectivity index is 1.85. The minimum atomic E-state index is -1.21. The normalized spacial score (nSPS) is 37.5. The molecule has 0 saturated carbocycles. The van der Waals surface area contributed by atoms with Gasteiger partial charge in [-0.1, -0.05) is 34.1 Å². The molecule has 0 radical (unpaired) electrons. The van der Waals surface area contributed by atoms with Crippen molar-refractivity contribution in [2.24, 2.45) is 17.3 Å². The molecule has 1 aromatic rings. The van der Waals surface area contributed by atoms with Gasteiger partial charge in [0.2, 0.25) is 0 Å². The molecule has 7 atom stereocenters. The highest BCUT2D eigenvalue weighted by molar-refractivity contribution is 7.09. The molecule has 0 spiro atoms. The quantitative estimate of drug-likeness (QED) is 0.409. The molecule has 0 unspecified atom stereocenters. The number of esters is 1. The van der Waals surface area contributed by atoms with Gasteiger partial charge in [0.15, 0.2) is 0 Å². The van der Waals surface area contributed by atoms with Crippen LogP contribution in [0.5, 0.6) is 0 Å². The Bertz CT molecular complexity index is 957. The van der Waals surface area contributed by atoms with Crippen LogP contribution in [0.15, 0.2) is 11.0 Å². The average Bonchev–Trinajstić information content (AvgIpc) is 3.22. The molecule has 2 fully saturated rings. The summed E-state index contributed by atoms with van der Waals surface area (Å²) in [4.78, 5) is 30.7. The minimum Gasteiger partial charge on any atom is -0.458 e. The lowest BCUT2D eigenvalue weighted by molar-refractivity contribution is -0.154. The zero-order valence-electron chi connectivity index (χ0n) is 22.1. The zero-order valence-corrected chi connectivity index (χ0v) is 22.9. The molecule has 0 bridgehead atoms. The number of nitrogens with one attached hydrogen (secondary N) is 1. The molecule has 2 saturated heterocycles. The summed E-state index contributed by atoms with van der Waals surface area (Å²) in [5, 5.41) is 28.2. The van der Waals surface area contributed by atoms with E-state index in [2.05, 4.69) is 17.2 Å². The van der Waals surface area contributed by atoms with E-state index in [1.165, 1.54) is 0 Å². The summed E-state index contributed by atoms with van der Waals surface area (Å²) in [6, 6.07) is 0.204. The van der Waals surface area contributed by atoms with Crippen molar-refractivity contribution in [3.63, 3.8) is 0 Å². The van der Waals surface area contributed by atoms with Crippen LogP contribution in [-0.2, 0) is 14.3 Å². The third-order valence-electron chi connectivity index (χ3n) is 8.13. The summed E-state index contributed by atoms with van der Waals surface area (Å²) in [6.45, 7) is 13.0. The number of nitrogens with zero attached hydrogens (tertiary/aromatic N) is 1. The molecule has 7 nitrogen and oxygen atoms in total. The van der Waals surface area contributed by atoms with Gasteiger partial charge in [-0.25, -0.2) is 4.98 Å². The molecule has 2 aliphatic heterocycles. The number of carbonyl (C=O) groups is 2. The molecule has 8 heteroatoms. The van der Waals surface area contributed by atoms with Crippen LogP contribution in [0, 0.1) is 24.2 Å². The van der Waals surface area contributed by atoms with E-state index in [9.17, 15) is 19.8 Å². The molecule has 35 heavy (non-hydrogen) atoms. The van der Waals surface area contributed by atoms with Crippen LogP contribution in [-0.4, -0.2) is 56.8 Å². The van der Waals surface area contributed by atoms with E-state index >= 15 is 0 Å². The number of aliphatic hydroxyl groups excluding tert-OH is 2. The van der Waals surface area contributed by atoms with Gasteiger partial charge in [0.05, 0.1) is 34.7 Å². The first-order valence-corrected chi connectivity index (χ1v) is 13.6. The lowest BCUT2D eigenvalue weighted by Gasteiger charge is -2.34. The first-order valence-electron chi connectivity index (χ1n) is 12.7. The Morgan fingerprint density at radius 3 is 2.57 bits per heavy atom. The van der Waals surface area contributed by atoms with Gasteiger partial charge in [0.1, 0.15) is 11.9 Å². The van der Waals surface area contributed by atoms with E-state index in [1.54, 1.807) is 32.1 Å². The number of hydrogen-bond donors (Lipinski definition) is 3. The number of hydrogen-bond acceptors (Lipinski definition) is 8. The molecule has 0 aromatic carbocycles. The summed E-state index contributed by atoms with van der Waals surface area (Å²) in [7, 11) is 0. The van der Waals surface area contributed by atoms with E-state index in [0.717, 1.165) is 35.5 Å². The van der Waals surface area contributed by atoms with Gasteiger partial charge in [-0.05, 0) is 51.2 Å². The molecular weight excluding hydrogens is 464 g/mol. The van der Waals surface area contributed by atoms with Crippen LogP contribution in [0.1, 0.15) is 84.3 Å². The number of aryl methyl sites for hydroxylation is 1. The van der Waals surface area contributed by atoms with Crippen molar-refractivity contribution >= 4 is 29.2 Å². The number of thiazole rings is 1. The van der Waals surface area contributed by atoms with Gasteiger partial charge in [-0.15, -0.1) is 11.3 Å². The fourth-order valence-corrected chi connectivity index (χ4v) is 5.79. The predicted molar refractivity (Wildman–Crippen MR) is 138 cm³/mol. The standard InChI is InChI=1S/C27H42N2O5S/c1-15-9-8-10-27(7)21(29-27)12-20(16(2)11-19-14-35-18(4)28-19)34-23(31)13-22(30)26(5,6)25(33)17(3)24(15)32/h11,14-15,17,20-22,24,29-30,32H,8-10,12-13H2,1-7H3/t15-,17+,20-,21-,22-,24-,27+/m0/s1. The zero-order chi connectivity index (χ0) is 26.1. The van der Waals surface area contributed by atoms with E-state index in [4.69, 9.17) is 4.74 Å². The molecular formula is C27H42N2O5S. The summed E-state index contributed by atoms with van der Waals surface area (Å²) in [5.41, 5.74) is 0.502. The molecule has 0 aliphatic carbocycles. The maximum atomic E-state index is 13.2. The summed E-state index contributed by atoms with van der Waals surface area (Å²) in [6.07, 6.45) is 2.50. The molecule has 1 aromatic heterocycles. The SMILES string of the molecule is CC(=Cc1csc(C)n1)[C@@H]1C[C@@H]2N[C@]2(C)CCC[C@H](C)[C@H](O)[C@@H](C)C(=O)C(C)(C)[C@@H](O)CC(=O)O1. The van der Waals surface area contributed by atoms with Crippen LogP contribution in [0.3, 0.4) is 0 Å². The van der Waals surface area contributed by atoms with Crippen LogP contribution < -0.4 is 5.32 Å². The summed E-state index contributed by atoms with van der Waals surface area (Å²) < 4.78 is 5.91. The van der Waals surface area contributed by atoms with Crippen molar-refractivity contribution < 1.29 is 24.5 Å². The number of aliphatic hydroxyl groups is 2. The third kappa shape index (κ3) is 6.59. The lowest BCUT2D eigenvalue weighted by Crippen LogP contribution is -2.45. The topological polar surface area (TPSA) is 119 Å². The minimum absolute atomic E-state index is 0.0416. The van der Waals surface area contributed by atoms with Crippen molar-refractivity contribution in [3.8, 4) is 0 Å². The van der Waals surface area contributed by atoms with Crippen LogP contribution in [0.4, 0.5) is 0 Å². The molecule has 0 amide bonds. The Hall–Kier alpha value is -1.61. The Kier molecular flexibility index (Phi) is 8.62. The van der Waals surface area contributed by atoms with E-state index < -0.39 is 35.6 Å². The molecule has 3 N–H and O–H groups in total. The van der Waals surface area contributed by atoms with Gasteiger partial charge < -0.3 is 20.3 Å².